The Hall–Kier alpha value is -0.250. The van der Waals surface area contributed by atoms with E-state index < -0.39 is 16.0 Å². The van der Waals surface area contributed by atoms with Crippen LogP contribution in [0.3, 0.4) is 0 Å². The normalized spacial score (nSPS) is 12.9. The molecule has 0 saturated heterocycles. The third-order valence-corrected chi connectivity index (χ3v) is 3.67. The fourth-order valence-corrected chi connectivity index (χ4v) is 3.14. The van der Waals surface area contributed by atoms with Crippen LogP contribution >= 0.6 is 0 Å². The first-order valence-electron chi connectivity index (χ1n) is 6.00. The smallest absolute Gasteiger partial charge is 0.169 e. The van der Waals surface area contributed by atoms with Crippen molar-refractivity contribution in [1.29, 1.82) is 0 Å². The summed E-state index contributed by atoms with van der Waals surface area (Å²) in [6, 6.07) is 0. The van der Waals surface area contributed by atoms with E-state index in [9.17, 15) is 13.0 Å². The van der Waals surface area contributed by atoms with Gasteiger partial charge in [0, 0.05) is 39.1 Å². The fraction of sp³-hybridized carbons (Fsp3) is 1.00. The SMILES string of the molecule is O=S(=O)([O-])C[N+](CCCO)(CCCO)CCCO. The fourth-order valence-electron chi connectivity index (χ4n) is 2.08. The number of rotatable bonds is 11. The molecule has 3 N–H and O–H groups in total. The van der Waals surface area contributed by atoms with Crippen LogP contribution < -0.4 is 0 Å². The van der Waals surface area contributed by atoms with Gasteiger partial charge in [0.1, 0.15) is 10.1 Å². The van der Waals surface area contributed by atoms with E-state index in [1.54, 1.807) is 0 Å². The number of nitrogens with zero attached hydrogens (tertiary/aromatic N) is 1. The van der Waals surface area contributed by atoms with E-state index in [4.69, 9.17) is 15.3 Å². The maximum absolute atomic E-state index is 11.0. The molecule has 0 bridgehead atoms. The number of hydrogen-bond donors (Lipinski definition) is 3. The molecule has 0 aromatic carbocycles. The molecule has 0 rings (SSSR count). The monoisotopic (exact) mass is 285 g/mol. The van der Waals surface area contributed by atoms with Crippen molar-refractivity contribution in [3.05, 3.63) is 0 Å². The summed E-state index contributed by atoms with van der Waals surface area (Å²) < 4.78 is 32.9. The van der Waals surface area contributed by atoms with Gasteiger partial charge in [-0.3, -0.25) is 0 Å². The standard InChI is InChI=1S/C10H23NO6S/c12-7-1-4-11(5-2-8-13,6-3-9-14)10-18(15,16)17/h12-14H,1-10H2. The summed E-state index contributed by atoms with van der Waals surface area (Å²) in [6.45, 7) is 0.777. The summed E-state index contributed by atoms with van der Waals surface area (Å²) in [5.41, 5.74) is 0. The summed E-state index contributed by atoms with van der Waals surface area (Å²) in [6.07, 6.45) is 1.14. The lowest BCUT2D eigenvalue weighted by molar-refractivity contribution is -0.918. The third kappa shape index (κ3) is 7.96. The molecule has 0 atom stereocenters. The second-order valence-corrected chi connectivity index (χ2v) is 5.80. The molecule has 0 aromatic heterocycles. The highest BCUT2D eigenvalue weighted by Crippen LogP contribution is 2.13. The van der Waals surface area contributed by atoms with Gasteiger partial charge < -0.3 is 24.4 Å². The van der Waals surface area contributed by atoms with Gasteiger partial charge in [-0.05, 0) is 0 Å². The van der Waals surface area contributed by atoms with E-state index in [1.807, 2.05) is 0 Å². The van der Waals surface area contributed by atoms with Gasteiger partial charge in [-0.25, -0.2) is 8.42 Å². The highest BCUT2D eigenvalue weighted by molar-refractivity contribution is 7.85. The molecule has 0 spiro atoms. The van der Waals surface area contributed by atoms with Crippen molar-refractivity contribution in [1.82, 2.24) is 0 Å². The van der Waals surface area contributed by atoms with Crippen molar-refractivity contribution in [2.24, 2.45) is 0 Å². The zero-order valence-corrected chi connectivity index (χ0v) is 11.3. The van der Waals surface area contributed by atoms with E-state index in [-0.39, 0.29) is 24.3 Å². The van der Waals surface area contributed by atoms with E-state index in [1.165, 1.54) is 0 Å². The molecule has 7 nitrogen and oxygen atoms in total. The van der Waals surface area contributed by atoms with Crippen LogP contribution in [-0.2, 0) is 10.1 Å². The summed E-state index contributed by atoms with van der Waals surface area (Å²) in [4.78, 5) is 0. The van der Waals surface area contributed by atoms with Crippen LogP contribution in [0.2, 0.25) is 0 Å². The molecular formula is C10H23NO6S. The van der Waals surface area contributed by atoms with Gasteiger partial charge in [-0.2, -0.15) is 0 Å². The van der Waals surface area contributed by atoms with Crippen LogP contribution in [0.4, 0.5) is 0 Å². The second kappa shape index (κ2) is 8.78. The van der Waals surface area contributed by atoms with Crippen LogP contribution in [0, 0.1) is 0 Å². The maximum atomic E-state index is 11.0. The van der Waals surface area contributed by atoms with Gasteiger partial charge in [0.25, 0.3) is 0 Å². The summed E-state index contributed by atoms with van der Waals surface area (Å²) in [5.74, 6) is -0.562. The highest BCUT2D eigenvalue weighted by Gasteiger charge is 2.28. The molecule has 0 amide bonds. The Balaban J connectivity index is 4.84. The lowest BCUT2D eigenvalue weighted by Crippen LogP contribution is -2.53. The lowest BCUT2D eigenvalue weighted by atomic mass is 10.2. The lowest BCUT2D eigenvalue weighted by Gasteiger charge is -2.39. The third-order valence-electron chi connectivity index (χ3n) is 2.80. The van der Waals surface area contributed by atoms with E-state index in [0.29, 0.717) is 38.9 Å². The van der Waals surface area contributed by atoms with Crippen molar-refractivity contribution in [2.75, 3.05) is 45.3 Å². The molecule has 0 saturated carbocycles. The van der Waals surface area contributed by atoms with Gasteiger partial charge in [-0.1, -0.05) is 0 Å². The predicted octanol–water partition coefficient (Wildman–Crippen LogP) is -1.55. The average molecular weight is 285 g/mol. The Bertz CT molecular complexity index is 284. The van der Waals surface area contributed by atoms with Gasteiger partial charge in [0.2, 0.25) is 0 Å². The second-order valence-electron chi connectivity index (χ2n) is 4.43. The zero-order chi connectivity index (χ0) is 14.1. The molecule has 0 radical (unpaired) electrons. The van der Waals surface area contributed by atoms with Crippen LogP contribution in [-0.4, -0.2) is 78.1 Å². The van der Waals surface area contributed by atoms with Crippen LogP contribution in [0.1, 0.15) is 19.3 Å². The molecule has 0 heterocycles. The number of quaternary nitrogens is 1. The minimum atomic E-state index is -4.40. The van der Waals surface area contributed by atoms with E-state index in [2.05, 4.69) is 0 Å². The molecule has 8 heteroatoms. The zero-order valence-electron chi connectivity index (χ0n) is 10.5. The van der Waals surface area contributed by atoms with Crippen molar-refractivity contribution < 1.29 is 32.8 Å². The van der Waals surface area contributed by atoms with Gasteiger partial charge >= 0.3 is 0 Å². The Kier molecular flexibility index (Phi) is 8.66. The molecule has 0 aliphatic carbocycles. The number of aliphatic hydroxyl groups is 3. The summed E-state index contributed by atoms with van der Waals surface area (Å²) in [5, 5.41) is 26.5. The molecule has 0 aliphatic rings. The largest absolute Gasteiger partial charge is 0.744 e. The first kappa shape index (κ1) is 17.8. The minimum absolute atomic E-state index is 0.00644. The molecule has 0 unspecified atom stereocenters. The first-order valence-corrected chi connectivity index (χ1v) is 7.58. The maximum Gasteiger partial charge on any atom is 0.169 e. The Morgan fingerprint density at radius 1 is 0.833 bits per heavy atom. The topological polar surface area (TPSA) is 118 Å². The molecule has 0 aliphatic heterocycles. The van der Waals surface area contributed by atoms with E-state index in [0.717, 1.165) is 0 Å². The Labute approximate surface area is 108 Å². The van der Waals surface area contributed by atoms with Gasteiger partial charge in [0.15, 0.2) is 5.88 Å². The first-order chi connectivity index (χ1) is 8.39. The quantitative estimate of drug-likeness (QED) is 0.312. The van der Waals surface area contributed by atoms with Crippen LogP contribution in [0.25, 0.3) is 0 Å². The van der Waals surface area contributed by atoms with Crippen molar-refractivity contribution in [3.8, 4) is 0 Å². The van der Waals surface area contributed by atoms with Crippen LogP contribution in [0.5, 0.6) is 0 Å². The summed E-state index contributed by atoms with van der Waals surface area (Å²) in [7, 11) is -4.40. The predicted molar refractivity (Wildman–Crippen MR) is 64.5 cm³/mol. The van der Waals surface area contributed by atoms with Crippen molar-refractivity contribution >= 4 is 10.1 Å². The molecule has 18 heavy (non-hydrogen) atoms. The van der Waals surface area contributed by atoms with Gasteiger partial charge in [0.05, 0.1) is 19.6 Å². The Morgan fingerprint density at radius 3 is 1.39 bits per heavy atom. The number of hydrogen-bond acceptors (Lipinski definition) is 6. The average Bonchev–Trinajstić information content (AvgIpc) is 2.29. The minimum Gasteiger partial charge on any atom is -0.744 e. The Morgan fingerprint density at radius 2 is 1.17 bits per heavy atom. The molecule has 0 fully saturated rings. The number of aliphatic hydroxyl groups excluding tert-OH is 3. The molecular weight excluding hydrogens is 262 g/mol. The van der Waals surface area contributed by atoms with Crippen molar-refractivity contribution in [2.45, 2.75) is 19.3 Å². The van der Waals surface area contributed by atoms with E-state index >= 15 is 0 Å². The van der Waals surface area contributed by atoms with Crippen molar-refractivity contribution in [3.63, 3.8) is 0 Å². The van der Waals surface area contributed by atoms with Crippen LogP contribution in [0.15, 0.2) is 0 Å². The molecule has 110 valence electrons. The molecule has 0 aromatic rings. The highest BCUT2D eigenvalue weighted by atomic mass is 32.2. The summed E-state index contributed by atoms with van der Waals surface area (Å²) >= 11 is 0. The van der Waals surface area contributed by atoms with Gasteiger partial charge in [-0.15, -0.1) is 0 Å².